The third kappa shape index (κ3) is 4.60. The third-order valence-corrected chi connectivity index (χ3v) is 4.29. The average Bonchev–Trinajstić information content (AvgIpc) is 2.53. The van der Waals surface area contributed by atoms with Crippen LogP contribution in [0.3, 0.4) is 0 Å². The summed E-state index contributed by atoms with van der Waals surface area (Å²) < 4.78 is 5.49. The van der Waals surface area contributed by atoms with Crippen molar-refractivity contribution in [3.8, 4) is 5.88 Å². The highest BCUT2D eigenvalue weighted by molar-refractivity contribution is 5.41. The molecule has 4 nitrogen and oxygen atoms in total. The zero-order valence-corrected chi connectivity index (χ0v) is 13.6. The molecule has 1 atom stereocenters. The summed E-state index contributed by atoms with van der Waals surface area (Å²) in [4.78, 5) is 6.97. The summed E-state index contributed by atoms with van der Waals surface area (Å²) in [6, 6.07) is 6.66. The van der Waals surface area contributed by atoms with Gasteiger partial charge in [-0.25, -0.2) is 0 Å². The molecule has 21 heavy (non-hydrogen) atoms. The number of hydrogen-bond donors (Lipinski definition) is 1. The molecule has 0 radical (unpaired) electrons. The van der Waals surface area contributed by atoms with Crippen LogP contribution >= 0.6 is 0 Å². The first-order chi connectivity index (χ1) is 10.2. The van der Waals surface area contributed by atoms with Gasteiger partial charge in [0.05, 0.1) is 6.61 Å². The zero-order valence-electron chi connectivity index (χ0n) is 13.6. The normalized spacial score (nSPS) is 17.8. The van der Waals surface area contributed by atoms with Crippen LogP contribution in [0.1, 0.15) is 40.0 Å². The first kappa shape index (κ1) is 16.1. The van der Waals surface area contributed by atoms with Gasteiger partial charge in [-0.15, -0.1) is 0 Å². The molecule has 1 saturated heterocycles. The SMILES string of the molecule is CCCNC(C)C1CCN(c2cccc(OCC)n2)CC1. The largest absolute Gasteiger partial charge is 0.478 e. The molecule has 1 aliphatic heterocycles. The number of rotatable bonds is 7. The minimum absolute atomic E-state index is 0.620. The summed E-state index contributed by atoms with van der Waals surface area (Å²) in [6.45, 7) is 10.5. The molecule has 1 aromatic rings. The topological polar surface area (TPSA) is 37.4 Å². The van der Waals surface area contributed by atoms with Crippen molar-refractivity contribution in [2.45, 2.75) is 46.1 Å². The molecule has 0 aromatic carbocycles. The molecule has 1 aromatic heterocycles. The zero-order chi connectivity index (χ0) is 15.1. The summed E-state index contributed by atoms with van der Waals surface area (Å²) in [5, 5.41) is 3.63. The van der Waals surface area contributed by atoms with Gasteiger partial charge in [0.25, 0.3) is 0 Å². The van der Waals surface area contributed by atoms with Gasteiger partial charge in [-0.1, -0.05) is 13.0 Å². The van der Waals surface area contributed by atoms with Crippen molar-refractivity contribution in [2.75, 3.05) is 31.1 Å². The van der Waals surface area contributed by atoms with E-state index < -0.39 is 0 Å². The molecule has 2 heterocycles. The monoisotopic (exact) mass is 291 g/mol. The van der Waals surface area contributed by atoms with Crippen LogP contribution in [0.25, 0.3) is 0 Å². The van der Waals surface area contributed by atoms with E-state index in [0.717, 1.165) is 37.3 Å². The second-order valence-corrected chi connectivity index (χ2v) is 5.83. The molecule has 118 valence electrons. The van der Waals surface area contributed by atoms with E-state index in [-0.39, 0.29) is 0 Å². The Bertz CT molecular complexity index is 416. The van der Waals surface area contributed by atoms with E-state index in [1.807, 2.05) is 19.1 Å². The minimum atomic E-state index is 0.620. The highest BCUT2D eigenvalue weighted by atomic mass is 16.5. The highest BCUT2D eigenvalue weighted by Gasteiger charge is 2.24. The molecule has 1 aliphatic rings. The number of ether oxygens (including phenoxy) is 1. The Hall–Kier alpha value is -1.29. The molecule has 0 aliphatic carbocycles. The van der Waals surface area contributed by atoms with E-state index in [9.17, 15) is 0 Å². The second-order valence-electron chi connectivity index (χ2n) is 5.83. The summed E-state index contributed by atoms with van der Waals surface area (Å²) in [7, 11) is 0. The van der Waals surface area contributed by atoms with Gasteiger partial charge < -0.3 is 15.0 Å². The van der Waals surface area contributed by atoms with Crippen LogP contribution in [0.15, 0.2) is 18.2 Å². The number of piperidine rings is 1. The van der Waals surface area contributed by atoms with Crippen molar-refractivity contribution in [2.24, 2.45) is 5.92 Å². The van der Waals surface area contributed by atoms with Gasteiger partial charge in [-0.2, -0.15) is 4.98 Å². The molecule has 1 fully saturated rings. The van der Waals surface area contributed by atoms with Crippen molar-refractivity contribution in [3.05, 3.63) is 18.2 Å². The number of aromatic nitrogens is 1. The standard InChI is InChI=1S/C17H29N3O/c1-4-11-18-14(3)15-9-12-20(13-10-15)16-7-6-8-17(19-16)21-5-2/h6-8,14-15,18H,4-5,9-13H2,1-3H3. The van der Waals surface area contributed by atoms with Crippen LogP contribution in [-0.4, -0.2) is 37.3 Å². The summed E-state index contributed by atoms with van der Waals surface area (Å²) >= 11 is 0. The van der Waals surface area contributed by atoms with E-state index in [1.54, 1.807) is 0 Å². The Morgan fingerprint density at radius 3 is 2.76 bits per heavy atom. The Kier molecular flexibility index (Phi) is 6.30. The minimum Gasteiger partial charge on any atom is -0.478 e. The lowest BCUT2D eigenvalue weighted by molar-refractivity contribution is 0.308. The first-order valence-electron chi connectivity index (χ1n) is 8.32. The Labute approximate surface area is 128 Å². The van der Waals surface area contributed by atoms with Crippen molar-refractivity contribution in [3.63, 3.8) is 0 Å². The van der Waals surface area contributed by atoms with Crippen LogP contribution in [0, 0.1) is 5.92 Å². The lowest BCUT2D eigenvalue weighted by atomic mass is 9.90. The van der Waals surface area contributed by atoms with Gasteiger partial charge in [-0.3, -0.25) is 0 Å². The van der Waals surface area contributed by atoms with E-state index in [1.165, 1.54) is 19.3 Å². The van der Waals surface area contributed by atoms with Crippen molar-refractivity contribution in [1.29, 1.82) is 0 Å². The molecule has 1 unspecified atom stereocenters. The summed E-state index contributed by atoms with van der Waals surface area (Å²) in [5.41, 5.74) is 0. The van der Waals surface area contributed by atoms with E-state index in [2.05, 4.69) is 35.1 Å². The van der Waals surface area contributed by atoms with E-state index in [4.69, 9.17) is 4.74 Å². The fourth-order valence-corrected chi connectivity index (χ4v) is 2.98. The number of hydrogen-bond acceptors (Lipinski definition) is 4. The fourth-order valence-electron chi connectivity index (χ4n) is 2.98. The maximum Gasteiger partial charge on any atom is 0.215 e. The Balaban J connectivity index is 1.87. The fraction of sp³-hybridized carbons (Fsp3) is 0.706. The molecule has 4 heteroatoms. The maximum atomic E-state index is 5.49. The molecular weight excluding hydrogens is 262 g/mol. The Morgan fingerprint density at radius 1 is 1.33 bits per heavy atom. The number of anilines is 1. The van der Waals surface area contributed by atoms with Gasteiger partial charge >= 0.3 is 0 Å². The number of pyridine rings is 1. The smallest absolute Gasteiger partial charge is 0.215 e. The molecule has 2 rings (SSSR count). The van der Waals surface area contributed by atoms with Crippen LogP contribution in [0.4, 0.5) is 5.82 Å². The van der Waals surface area contributed by atoms with Crippen molar-refractivity contribution in [1.82, 2.24) is 10.3 Å². The summed E-state index contributed by atoms with van der Waals surface area (Å²) in [5.74, 6) is 2.56. The van der Waals surface area contributed by atoms with Gasteiger partial charge in [0.15, 0.2) is 0 Å². The highest BCUT2D eigenvalue weighted by Crippen LogP contribution is 2.25. The predicted molar refractivity (Wildman–Crippen MR) is 88.1 cm³/mol. The quantitative estimate of drug-likeness (QED) is 0.837. The Morgan fingerprint density at radius 2 is 2.10 bits per heavy atom. The van der Waals surface area contributed by atoms with Crippen LogP contribution in [0.2, 0.25) is 0 Å². The van der Waals surface area contributed by atoms with Gasteiger partial charge in [0.2, 0.25) is 5.88 Å². The van der Waals surface area contributed by atoms with Gasteiger partial charge in [0.1, 0.15) is 5.82 Å². The van der Waals surface area contributed by atoms with Crippen molar-refractivity contribution < 1.29 is 4.74 Å². The lowest BCUT2D eigenvalue weighted by Crippen LogP contribution is -2.42. The predicted octanol–water partition coefficient (Wildman–Crippen LogP) is 3.08. The van der Waals surface area contributed by atoms with Crippen molar-refractivity contribution >= 4 is 5.82 Å². The summed E-state index contributed by atoms with van der Waals surface area (Å²) in [6.07, 6.45) is 3.67. The number of nitrogens with zero attached hydrogens (tertiary/aromatic N) is 2. The molecule has 0 saturated carbocycles. The molecule has 0 amide bonds. The van der Waals surface area contributed by atoms with E-state index in [0.29, 0.717) is 12.6 Å². The van der Waals surface area contributed by atoms with Crippen LogP contribution in [0.5, 0.6) is 5.88 Å². The molecule has 0 spiro atoms. The average molecular weight is 291 g/mol. The second kappa shape index (κ2) is 8.23. The first-order valence-corrected chi connectivity index (χ1v) is 8.32. The molecular formula is C17H29N3O. The van der Waals surface area contributed by atoms with Crippen LogP contribution < -0.4 is 15.0 Å². The van der Waals surface area contributed by atoms with Crippen LogP contribution in [-0.2, 0) is 0 Å². The molecule has 1 N–H and O–H groups in total. The molecule has 0 bridgehead atoms. The lowest BCUT2D eigenvalue weighted by Gasteiger charge is -2.36. The van der Waals surface area contributed by atoms with Gasteiger partial charge in [0, 0.05) is 25.2 Å². The maximum absolute atomic E-state index is 5.49. The van der Waals surface area contributed by atoms with E-state index >= 15 is 0 Å². The third-order valence-electron chi connectivity index (χ3n) is 4.29. The number of nitrogens with one attached hydrogen (secondary N) is 1. The van der Waals surface area contributed by atoms with Gasteiger partial charge in [-0.05, 0) is 51.6 Å².